The number of nitrogens with zero attached hydrogens (tertiary/aromatic N) is 2. The molecule has 3 nitrogen and oxygen atoms in total. The van der Waals surface area contributed by atoms with Gasteiger partial charge in [0.15, 0.2) is 0 Å². The maximum absolute atomic E-state index is 9.25. The van der Waals surface area contributed by atoms with Crippen LogP contribution >= 0.6 is 0 Å². The van der Waals surface area contributed by atoms with Crippen LogP contribution in [0.4, 0.5) is 0 Å². The molecular formula is C13H23N3. The standard InChI is InChI=1S/C13H23N3/c1-10-7-16(8-11(10)2)12-4-5-13(6-12,9-14)15-3/h10-12,15H,4-8H2,1-3H3. The van der Waals surface area contributed by atoms with E-state index in [4.69, 9.17) is 0 Å². The van der Waals surface area contributed by atoms with E-state index in [1.54, 1.807) is 0 Å². The molecular weight excluding hydrogens is 198 g/mol. The first-order chi connectivity index (χ1) is 7.60. The molecule has 16 heavy (non-hydrogen) atoms. The molecule has 1 saturated heterocycles. The summed E-state index contributed by atoms with van der Waals surface area (Å²) in [5.74, 6) is 1.62. The third kappa shape index (κ3) is 1.97. The molecule has 0 aromatic heterocycles. The first kappa shape index (κ1) is 11.9. The molecule has 1 N–H and O–H groups in total. The van der Waals surface area contributed by atoms with Gasteiger partial charge in [0.05, 0.1) is 6.07 Å². The maximum Gasteiger partial charge on any atom is 0.108 e. The van der Waals surface area contributed by atoms with Gasteiger partial charge in [-0.2, -0.15) is 5.26 Å². The van der Waals surface area contributed by atoms with E-state index in [0.717, 1.165) is 24.7 Å². The molecule has 1 aliphatic carbocycles. The van der Waals surface area contributed by atoms with Crippen molar-refractivity contribution < 1.29 is 0 Å². The second kappa shape index (κ2) is 4.35. The summed E-state index contributed by atoms with van der Waals surface area (Å²) in [6, 6.07) is 3.09. The van der Waals surface area contributed by atoms with Gasteiger partial charge in [0.2, 0.25) is 0 Å². The molecule has 90 valence electrons. The molecule has 0 aromatic carbocycles. The Balaban J connectivity index is 1.97. The normalized spacial score (nSPS) is 44.8. The largest absolute Gasteiger partial charge is 0.302 e. The monoisotopic (exact) mass is 221 g/mol. The van der Waals surface area contributed by atoms with Crippen LogP contribution in [0.1, 0.15) is 33.1 Å². The quantitative estimate of drug-likeness (QED) is 0.770. The number of hydrogen-bond donors (Lipinski definition) is 1. The van der Waals surface area contributed by atoms with Gasteiger partial charge in [0, 0.05) is 19.1 Å². The molecule has 4 atom stereocenters. The summed E-state index contributed by atoms with van der Waals surface area (Å²) in [5, 5.41) is 12.5. The number of nitrogens with one attached hydrogen (secondary N) is 1. The van der Waals surface area contributed by atoms with Gasteiger partial charge in [-0.15, -0.1) is 0 Å². The van der Waals surface area contributed by atoms with Crippen molar-refractivity contribution in [1.82, 2.24) is 10.2 Å². The molecule has 1 saturated carbocycles. The summed E-state index contributed by atoms with van der Waals surface area (Å²) in [4.78, 5) is 2.60. The van der Waals surface area contributed by atoms with Crippen LogP contribution in [0.25, 0.3) is 0 Å². The van der Waals surface area contributed by atoms with Gasteiger partial charge in [-0.05, 0) is 38.1 Å². The number of hydrogen-bond acceptors (Lipinski definition) is 3. The van der Waals surface area contributed by atoms with E-state index < -0.39 is 0 Å². The van der Waals surface area contributed by atoms with E-state index in [1.165, 1.54) is 19.5 Å². The van der Waals surface area contributed by atoms with E-state index in [2.05, 4.69) is 30.1 Å². The summed E-state index contributed by atoms with van der Waals surface area (Å²) >= 11 is 0. The Morgan fingerprint density at radius 2 is 1.94 bits per heavy atom. The van der Waals surface area contributed by atoms with Crippen LogP contribution in [0.15, 0.2) is 0 Å². The third-order valence-electron chi connectivity index (χ3n) is 4.71. The minimum atomic E-state index is -0.250. The Labute approximate surface area is 98.8 Å². The smallest absolute Gasteiger partial charge is 0.108 e. The topological polar surface area (TPSA) is 39.1 Å². The van der Waals surface area contributed by atoms with Crippen LogP contribution < -0.4 is 5.32 Å². The van der Waals surface area contributed by atoms with Crippen molar-refractivity contribution in [3.05, 3.63) is 0 Å². The fraction of sp³-hybridized carbons (Fsp3) is 0.923. The van der Waals surface area contributed by atoms with Crippen LogP contribution in [-0.4, -0.2) is 36.6 Å². The molecule has 0 bridgehead atoms. The minimum Gasteiger partial charge on any atom is -0.302 e. The Kier molecular flexibility index (Phi) is 3.23. The highest BCUT2D eigenvalue weighted by Crippen LogP contribution is 2.36. The zero-order valence-electron chi connectivity index (χ0n) is 10.7. The van der Waals surface area contributed by atoms with Gasteiger partial charge in [0.25, 0.3) is 0 Å². The predicted molar refractivity (Wildman–Crippen MR) is 64.9 cm³/mol. The summed E-state index contributed by atoms with van der Waals surface area (Å²) in [5.41, 5.74) is -0.250. The highest BCUT2D eigenvalue weighted by atomic mass is 15.2. The summed E-state index contributed by atoms with van der Waals surface area (Å²) in [7, 11) is 1.92. The molecule has 0 aromatic rings. The lowest BCUT2D eigenvalue weighted by Gasteiger charge is -2.26. The second-order valence-corrected chi connectivity index (χ2v) is 5.75. The lowest BCUT2D eigenvalue weighted by Crippen LogP contribution is -2.41. The van der Waals surface area contributed by atoms with E-state index in [-0.39, 0.29) is 5.54 Å². The van der Waals surface area contributed by atoms with Crippen LogP contribution in [0.2, 0.25) is 0 Å². The second-order valence-electron chi connectivity index (χ2n) is 5.75. The fourth-order valence-corrected chi connectivity index (χ4v) is 3.19. The van der Waals surface area contributed by atoms with Crippen LogP contribution in [-0.2, 0) is 0 Å². The van der Waals surface area contributed by atoms with Gasteiger partial charge in [-0.3, -0.25) is 4.90 Å². The predicted octanol–water partition coefficient (Wildman–Crippen LogP) is 1.61. The zero-order chi connectivity index (χ0) is 11.8. The average molecular weight is 221 g/mol. The van der Waals surface area contributed by atoms with Crippen LogP contribution in [0, 0.1) is 23.2 Å². The minimum absolute atomic E-state index is 0.250. The molecule has 3 heteroatoms. The number of likely N-dealkylation sites (tertiary alicyclic amines) is 1. The van der Waals surface area contributed by atoms with Crippen LogP contribution in [0.3, 0.4) is 0 Å². The lowest BCUT2D eigenvalue weighted by atomic mass is 10.00. The molecule has 1 heterocycles. The molecule has 2 rings (SSSR count). The summed E-state index contributed by atoms with van der Waals surface area (Å²) < 4.78 is 0. The van der Waals surface area contributed by atoms with E-state index in [1.807, 2.05) is 7.05 Å². The van der Waals surface area contributed by atoms with Gasteiger partial charge in [0.1, 0.15) is 5.54 Å². The average Bonchev–Trinajstić information content (AvgIpc) is 2.85. The van der Waals surface area contributed by atoms with Crippen molar-refractivity contribution in [3.8, 4) is 6.07 Å². The Bertz CT molecular complexity index is 286. The van der Waals surface area contributed by atoms with Crippen molar-refractivity contribution in [1.29, 1.82) is 5.26 Å². The van der Waals surface area contributed by atoms with E-state index in [9.17, 15) is 5.26 Å². The molecule has 4 unspecified atom stereocenters. The highest BCUT2D eigenvalue weighted by molar-refractivity contribution is 5.13. The van der Waals surface area contributed by atoms with E-state index >= 15 is 0 Å². The molecule has 2 fully saturated rings. The van der Waals surface area contributed by atoms with Gasteiger partial charge >= 0.3 is 0 Å². The third-order valence-corrected chi connectivity index (χ3v) is 4.71. The zero-order valence-corrected chi connectivity index (χ0v) is 10.7. The van der Waals surface area contributed by atoms with Gasteiger partial charge in [-0.1, -0.05) is 13.8 Å². The lowest BCUT2D eigenvalue weighted by molar-refractivity contribution is 0.228. The Morgan fingerprint density at radius 1 is 1.31 bits per heavy atom. The van der Waals surface area contributed by atoms with E-state index in [0.29, 0.717) is 6.04 Å². The van der Waals surface area contributed by atoms with Crippen molar-refractivity contribution in [2.75, 3.05) is 20.1 Å². The molecule has 1 aliphatic heterocycles. The van der Waals surface area contributed by atoms with Gasteiger partial charge in [-0.25, -0.2) is 0 Å². The van der Waals surface area contributed by atoms with Crippen molar-refractivity contribution >= 4 is 0 Å². The van der Waals surface area contributed by atoms with Crippen LogP contribution in [0.5, 0.6) is 0 Å². The molecule has 0 amide bonds. The first-order valence-corrected chi connectivity index (χ1v) is 6.44. The SMILES string of the molecule is CNC1(C#N)CCC(N2CC(C)C(C)C2)C1. The first-order valence-electron chi connectivity index (χ1n) is 6.44. The van der Waals surface area contributed by atoms with Crippen molar-refractivity contribution in [3.63, 3.8) is 0 Å². The molecule has 2 aliphatic rings. The van der Waals surface area contributed by atoms with Crippen molar-refractivity contribution in [2.24, 2.45) is 11.8 Å². The van der Waals surface area contributed by atoms with Gasteiger partial charge < -0.3 is 5.32 Å². The number of nitriles is 1. The Morgan fingerprint density at radius 3 is 2.38 bits per heavy atom. The Hall–Kier alpha value is -0.590. The summed E-state index contributed by atoms with van der Waals surface area (Å²) in [6.07, 6.45) is 3.18. The maximum atomic E-state index is 9.25. The number of rotatable bonds is 2. The van der Waals surface area contributed by atoms with Crippen molar-refractivity contribution in [2.45, 2.75) is 44.7 Å². The summed E-state index contributed by atoms with van der Waals surface area (Å²) in [6.45, 7) is 7.12. The molecule has 0 radical (unpaired) electrons. The fourth-order valence-electron chi connectivity index (χ4n) is 3.19. The highest BCUT2D eigenvalue weighted by Gasteiger charge is 2.42. The molecule has 0 spiro atoms.